The minimum atomic E-state index is -1.02. The fraction of sp³-hybridized carbons (Fsp3) is 0.833. The van der Waals surface area contributed by atoms with Crippen LogP contribution in [0.1, 0.15) is 0 Å². The molecule has 0 aliphatic carbocycles. The Morgan fingerprint density at radius 1 is 0.697 bits per heavy atom. The van der Waals surface area contributed by atoms with E-state index in [0.29, 0.717) is 57.9 Å². The number of hydrogen-bond donors (Lipinski definition) is 2. The van der Waals surface area contributed by atoms with Crippen LogP contribution in [0.3, 0.4) is 0 Å². The van der Waals surface area contributed by atoms with Crippen molar-refractivity contribution in [2.45, 2.75) is 0 Å². The van der Waals surface area contributed by atoms with E-state index in [0.717, 1.165) is 11.8 Å². The molecule has 0 saturated heterocycles. The van der Waals surface area contributed by atoms with Gasteiger partial charge in [-0.25, -0.2) is 0 Å². The molecule has 2 N–H and O–H groups in total. The van der Waals surface area contributed by atoms with Crippen LogP contribution < -0.4 is 0 Å². The second kappa shape index (κ2) is 25.9. The molecule has 0 heterocycles. The first kappa shape index (κ1) is 33.8. The summed E-state index contributed by atoms with van der Waals surface area (Å²) in [5.41, 5.74) is 0. The molecular weight excluding hydrogens is 569 g/mol. The Labute approximate surface area is 223 Å². The lowest BCUT2D eigenvalue weighted by Crippen LogP contribution is -2.12. The van der Waals surface area contributed by atoms with Gasteiger partial charge in [0.15, 0.2) is 5.12 Å². The topological polar surface area (TPSA) is 127 Å². The van der Waals surface area contributed by atoms with Crippen LogP contribution in [0.5, 0.6) is 0 Å². The summed E-state index contributed by atoms with van der Waals surface area (Å²) in [6.45, 7) is 0.849. The smallest absolute Gasteiger partial charge is 0.315 e. The van der Waals surface area contributed by atoms with Crippen LogP contribution in [0.4, 0.5) is 0 Å². The number of thioether (sulfide) groups is 6. The third kappa shape index (κ3) is 25.7. The number of aliphatic hydroxyl groups excluding tert-OH is 2. The fourth-order valence-electron chi connectivity index (χ4n) is 1.71. The molecule has 0 aromatic rings. The fourth-order valence-corrected chi connectivity index (χ4v) is 8.44. The first-order valence-electron chi connectivity index (χ1n) is 9.91. The highest BCUT2D eigenvalue weighted by Gasteiger charge is 2.09. The number of rotatable bonds is 23. The van der Waals surface area contributed by atoms with E-state index in [1.165, 1.54) is 58.8 Å². The van der Waals surface area contributed by atoms with Gasteiger partial charge in [-0.1, -0.05) is 11.8 Å². The maximum Gasteiger partial charge on any atom is 0.315 e. The molecule has 0 fully saturated rings. The summed E-state index contributed by atoms with van der Waals surface area (Å²) in [6, 6.07) is 0. The molecule has 0 aliphatic heterocycles. The molecule has 0 rings (SSSR count). The molecule has 0 aromatic carbocycles. The van der Waals surface area contributed by atoms with Crippen molar-refractivity contribution < 1.29 is 38.3 Å². The van der Waals surface area contributed by atoms with Crippen molar-refractivity contribution in [1.29, 1.82) is 0 Å². The largest absolute Gasteiger partial charge is 0.464 e. The van der Waals surface area contributed by atoms with Gasteiger partial charge in [0.05, 0.1) is 35.6 Å². The average molecular weight is 601 g/mol. The molecule has 0 radical (unpaired) electrons. The Bertz CT molecular complexity index is 554. The molecule has 0 amide bonds. The highest BCUT2D eigenvalue weighted by Crippen LogP contribution is 2.17. The van der Waals surface area contributed by atoms with Crippen molar-refractivity contribution in [3.63, 3.8) is 0 Å². The molecule has 0 bridgehead atoms. The van der Waals surface area contributed by atoms with Crippen LogP contribution in [0.15, 0.2) is 0 Å². The highest BCUT2D eigenvalue weighted by molar-refractivity contribution is 8.26. The molecule has 194 valence electrons. The number of hydrogen-bond acceptors (Lipinski definition) is 14. The lowest BCUT2D eigenvalue weighted by molar-refractivity contribution is -0.140. The number of esters is 2. The Kier molecular flexibility index (Phi) is 26.5. The summed E-state index contributed by atoms with van der Waals surface area (Å²) in [6.07, 6.45) is 0. The van der Waals surface area contributed by atoms with Gasteiger partial charge in [0.25, 0.3) is 0 Å². The van der Waals surface area contributed by atoms with Crippen LogP contribution in [0.25, 0.3) is 0 Å². The number of carbonyl (C=O) groups excluding carboxylic acids is 3. The summed E-state index contributed by atoms with van der Waals surface area (Å²) >= 11 is 8.21. The van der Waals surface area contributed by atoms with Gasteiger partial charge in [-0.2, -0.15) is 23.5 Å². The van der Waals surface area contributed by atoms with Crippen molar-refractivity contribution in [3.05, 3.63) is 0 Å². The summed E-state index contributed by atoms with van der Waals surface area (Å²) in [7, 11) is -1.02. The molecule has 1 unspecified atom stereocenters. The minimum Gasteiger partial charge on any atom is -0.464 e. The molecule has 8 nitrogen and oxygen atoms in total. The van der Waals surface area contributed by atoms with E-state index in [1.807, 2.05) is 0 Å². The Morgan fingerprint density at radius 3 is 1.85 bits per heavy atom. The van der Waals surface area contributed by atoms with Crippen LogP contribution >= 0.6 is 70.6 Å². The third-order valence-corrected chi connectivity index (χ3v) is 11.2. The second-order valence-electron chi connectivity index (χ2n) is 5.76. The van der Waals surface area contributed by atoms with Gasteiger partial charge in [-0.05, 0) is 0 Å². The lowest BCUT2D eigenvalue weighted by atomic mass is 10.7. The van der Waals surface area contributed by atoms with Gasteiger partial charge < -0.3 is 19.7 Å². The first-order chi connectivity index (χ1) is 16.0. The van der Waals surface area contributed by atoms with Crippen LogP contribution in [0.2, 0.25) is 0 Å². The Hall–Kier alpha value is 0.780. The maximum atomic E-state index is 12.0. The van der Waals surface area contributed by atoms with E-state index in [1.54, 1.807) is 0 Å². The van der Waals surface area contributed by atoms with Gasteiger partial charge in [0.1, 0.15) is 13.2 Å². The van der Waals surface area contributed by atoms with Crippen molar-refractivity contribution in [1.82, 2.24) is 0 Å². The average Bonchev–Trinajstić information content (AvgIpc) is 2.79. The molecule has 0 aromatic heterocycles. The molecule has 33 heavy (non-hydrogen) atoms. The van der Waals surface area contributed by atoms with Gasteiger partial charge in [0.2, 0.25) is 0 Å². The highest BCUT2D eigenvalue weighted by atomic mass is 32.2. The molecule has 0 aliphatic rings. The standard InChI is InChI=1S/C18H32O8S7/c19-1-5-27-7-3-25-16(21)11-29-9-10-33(24)15-31-14-32-18(23)13-30-12-17(22)26-4-8-28-6-2-20/h19-20H,1-15H2. The van der Waals surface area contributed by atoms with Gasteiger partial charge >= 0.3 is 11.9 Å². The zero-order valence-corrected chi connectivity index (χ0v) is 24.0. The Balaban J connectivity index is 3.51. The number of ether oxygens (including phenoxy) is 2. The van der Waals surface area contributed by atoms with Gasteiger partial charge in [-0.15, -0.1) is 35.3 Å². The van der Waals surface area contributed by atoms with E-state index < -0.39 is 10.8 Å². The SMILES string of the molecule is O=C(CSCCS(=O)CSCSC(=O)CSCC(=O)OCCSCCO)OCCSCCO. The molecule has 1 atom stereocenters. The molecule has 15 heteroatoms. The monoisotopic (exact) mass is 600 g/mol. The molecule has 0 saturated carbocycles. The molecule has 0 spiro atoms. The quantitative estimate of drug-likeness (QED) is 0.100. The summed E-state index contributed by atoms with van der Waals surface area (Å²) in [5, 5.41) is 18.2. The zero-order valence-electron chi connectivity index (χ0n) is 18.3. The van der Waals surface area contributed by atoms with E-state index in [4.69, 9.17) is 19.7 Å². The van der Waals surface area contributed by atoms with Crippen molar-refractivity contribution in [2.75, 3.05) is 88.4 Å². The minimum absolute atomic E-state index is 0.0339. The van der Waals surface area contributed by atoms with E-state index in [2.05, 4.69) is 0 Å². The third-order valence-electron chi connectivity index (χ3n) is 3.09. The normalized spacial score (nSPS) is 11.8. The second-order valence-corrected chi connectivity index (χ2v) is 14.6. The first-order valence-corrected chi connectivity index (χ1v) is 18.2. The summed E-state index contributed by atoms with van der Waals surface area (Å²) in [5.74, 6) is 3.56. The van der Waals surface area contributed by atoms with Crippen LogP contribution in [-0.4, -0.2) is 120 Å². The van der Waals surface area contributed by atoms with E-state index in [9.17, 15) is 18.6 Å². The van der Waals surface area contributed by atoms with Crippen molar-refractivity contribution in [3.8, 4) is 0 Å². The van der Waals surface area contributed by atoms with Crippen LogP contribution in [0, 0.1) is 0 Å². The van der Waals surface area contributed by atoms with Gasteiger partial charge in [0, 0.05) is 50.4 Å². The number of aliphatic hydroxyl groups is 2. The van der Waals surface area contributed by atoms with Crippen molar-refractivity contribution in [2.24, 2.45) is 0 Å². The Morgan fingerprint density at radius 2 is 1.27 bits per heavy atom. The predicted molar refractivity (Wildman–Crippen MR) is 148 cm³/mol. The van der Waals surface area contributed by atoms with Crippen LogP contribution in [-0.2, 0) is 34.7 Å². The van der Waals surface area contributed by atoms with E-state index >= 15 is 0 Å². The van der Waals surface area contributed by atoms with E-state index in [-0.39, 0.29) is 47.5 Å². The predicted octanol–water partition coefficient (Wildman–Crippen LogP) is 1.65. The zero-order chi connectivity index (χ0) is 24.6. The molecular formula is C18H32O8S7. The van der Waals surface area contributed by atoms with Gasteiger partial charge in [-0.3, -0.25) is 18.6 Å². The maximum absolute atomic E-state index is 12.0. The lowest BCUT2D eigenvalue weighted by Gasteiger charge is -2.05. The number of carbonyl (C=O) groups is 3. The summed E-state index contributed by atoms with van der Waals surface area (Å²) in [4.78, 5) is 34.9. The summed E-state index contributed by atoms with van der Waals surface area (Å²) < 4.78 is 22.1. The van der Waals surface area contributed by atoms with Crippen molar-refractivity contribution >= 4 is 98.4 Å².